The number of fused-ring (bicyclic) bond motifs is 1. The molecule has 1 saturated carbocycles. The number of nitrogens with zero attached hydrogens (tertiary/aromatic N) is 3. The van der Waals surface area contributed by atoms with Crippen LogP contribution < -0.4 is 20.3 Å². The van der Waals surface area contributed by atoms with Gasteiger partial charge in [0.25, 0.3) is 0 Å². The summed E-state index contributed by atoms with van der Waals surface area (Å²) in [7, 11) is 5.92. The minimum Gasteiger partial charge on any atom is -0.496 e. The van der Waals surface area contributed by atoms with Crippen molar-refractivity contribution >= 4 is 11.8 Å². The second-order valence-corrected chi connectivity index (χ2v) is 10.1. The van der Waals surface area contributed by atoms with Gasteiger partial charge < -0.3 is 20.3 Å². The van der Waals surface area contributed by atoms with Crippen LogP contribution >= 0.6 is 0 Å². The van der Waals surface area contributed by atoms with Gasteiger partial charge in [0.05, 0.1) is 12.8 Å². The molecule has 0 spiro atoms. The summed E-state index contributed by atoms with van der Waals surface area (Å²) in [5.41, 5.74) is 6.47. The van der Waals surface area contributed by atoms with Gasteiger partial charge in [0.1, 0.15) is 11.6 Å². The van der Waals surface area contributed by atoms with Crippen LogP contribution in [0, 0.1) is 19.8 Å². The number of ether oxygens (including phenoxy) is 1. The molecule has 0 aliphatic heterocycles. The Labute approximate surface area is 199 Å². The second-order valence-electron chi connectivity index (χ2n) is 10.1. The molecule has 2 N–H and O–H groups in total. The second kappa shape index (κ2) is 10.7. The summed E-state index contributed by atoms with van der Waals surface area (Å²) in [6.45, 7) is 6.28. The molecule has 0 radical (unpaired) electrons. The maximum Gasteiger partial charge on any atom is 0.225 e. The molecule has 2 aliphatic rings. The van der Waals surface area contributed by atoms with Gasteiger partial charge in [-0.3, -0.25) is 0 Å². The first-order valence-corrected chi connectivity index (χ1v) is 12.6. The van der Waals surface area contributed by atoms with Crippen molar-refractivity contribution < 1.29 is 4.74 Å². The predicted molar refractivity (Wildman–Crippen MR) is 137 cm³/mol. The van der Waals surface area contributed by atoms with Gasteiger partial charge in [-0.15, -0.1) is 0 Å². The van der Waals surface area contributed by atoms with Crippen LogP contribution in [0.4, 0.5) is 11.8 Å². The van der Waals surface area contributed by atoms with Crippen molar-refractivity contribution in [3.63, 3.8) is 0 Å². The molecule has 33 heavy (non-hydrogen) atoms. The lowest BCUT2D eigenvalue weighted by Crippen LogP contribution is -2.32. The molecule has 2 aromatic rings. The first kappa shape index (κ1) is 23.8. The van der Waals surface area contributed by atoms with Crippen LogP contribution in [-0.4, -0.2) is 43.8 Å². The van der Waals surface area contributed by atoms with E-state index in [1.165, 1.54) is 66.5 Å². The molecule has 0 atom stereocenters. The van der Waals surface area contributed by atoms with Gasteiger partial charge in [-0.05, 0) is 100 Å². The fraction of sp³-hybridized carbons (Fsp3) is 0.630. The average Bonchev–Trinajstić information content (AvgIpc) is 2.81. The maximum atomic E-state index is 5.44. The van der Waals surface area contributed by atoms with Crippen molar-refractivity contribution in [3.05, 3.63) is 40.1 Å². The van der Waals surface area contributed by atoms with Crippen LogP contribution in [0.15, 0.2) is 12.1 Å². The molecule has 0 saturated heterocycles. The predicted octanol–water partition coefficient (Wildman–Crippen LogP) is 4.81. The smallest absolute Gasteiger partial charge is 0.225 e. The molecular formula is C27H41N5O. The molecule has 4 rings (SSSR count). The van der Waals surface area contributed by atoms with E-state index in [1.807, 2.05) is 0 Å². The van der Waals surface area contributed by atoms with E-state index in [9.17, 15) is 0 Å². The van der Waals surface area contributed by atoms with Crippen LogP contribution in [0.3, 0.4) is 0 Å². The topological polar surface area (TPSA) is 62.3 Å². The average molecular weight is 452 g/mol. The molecule has 6 heteroatoms. The Hall–Kier alpha value is -2.34. The fourth-order valence-corrected chi connectivity index (χ4v) is 5.37. The largest absolute Gasteiger partial charge is 0.496 e. The van der Waals surface area contributed by atoms with Crippen molar-refractivity contribution in [2.75, 3.05) is 38.0 Å². The number of aryl methyl sites for hydroxylation is 3. The summed E-state index contributed by atoms with van der Waals surface area (Å²) in [6, 6.07) is 4.88. The van der Waals surface area contributed by atoms with E-state index in [0.717, 1.165) is 49.4 Å². The third-order valence-corrected chi connectivity index (χ3v) is 7.37. The van der Waals surface area contributed by atoms with E-state index in [1.54, 1.807) is 7.11 Å². The monoisotopic (exact) mass is 451 g/mol. The SMILES string of the molecule is COc1cc(C)c(CNCC2CCC(Nc3nc4c(c(N(C)C)n3)CCCC4)CC2)cc1C. The van der Waals surface area contributed by atoms with Crippen molar-refractivity contribution in [3.8, 4) is 5.75 Å². The fourth-order valence-electron chi connectivity index (χ4n) is 5.37. The molecule has 0 unspecified atom stereocenters. The highest BCUT2D eigenvalue weighted by atomic mass is 16.5. The van der Waals surface area contributed by atoms with Gasteiger partial charge in [-0.1, -0.05) is 6.07 Å². The summed E-state index contributed by atoms with van der Waals surface area (Å²) in [4.78, 5) is 11.9. The lowest BCUT2D eigenvalue weighted by atomic mass is 9.86. The van der Waals surface area contributed by atoms with Gasteiger partial charge >= 0.3 is 0 Å². The molecule has 1 fully saturated rings. The number of methoxy groups -OCH3 is 1. The highest BCUT2D eigenvalue weighted by molar-refractivity contribution is 5.53. The van der Waals surface area contributed by atoms with E-state index < -0.39 is 0 Å². The van der Waals surface area contributed by atoms with Crippen LogP contribution in [0.5, 0.6) is 5.75 Å². The first-order valence-electron chi connectivity index (χ1n) is 12.6. The molecule has 1 aromatic carbocycles. The van der Waals surface area contributed by atoms with Crippen LogP contribution in [0.25, 0.3) is 0 Å². The van der Waals surface area contributed by atoms with Crippen molar-refractivity contribution in [1.29, 1.82) is 0 Å². The Morgan fingerprint density at radius 2 is 1.76 bits per heavy atom. The zero-order chi connectivity index (χ0) is 23.4. The van der Waals surface area contributed by atoms with Crippen LogP contribution in [0.2, 0.25) is 0 Å². The molecule has 1 heterocycles. The van der Waals surface area contributed by atoms with E-state index in [2.05, 4.69) is 55.6 Å². The Balaban J connectivity index is 1.27. The number of hydrogen-bond donors (Lipinski definition) is 2. The van der Waals surface area contributed by atoms with Crippen molar-refractivity contribution in [2.45, 2.75) is 77.8 Å². The quantitative estimate of drug-likeness (QED) is 0.601. The Morgan fingerprint density at radius 1 is 1.00 bits per heavy atom. The highest BCUT2D eigenvalue weighted by Crippen LogP contribution is 2.30. The number of benzene rings is 1. The van der Waals surface area contributed by atoms with Crippen LogP contribution in [0.1, 0.15) is 66.5 Å². The lowest BCUT2D eigenvalue weighted by Gasteiger charge is -2.30. The highest BCUT2D eigenvalue weighted by Gasteiger charge is 2.24. The van der Waals surface area contributed by atoms with Gasteiger partial charge in [0.2, 0.25) is 5.95 Å². The third-order valence-electron chi connectivity index (χ3n) is 7.37. The minimum atomic E-state index is 0.476. The van der Waals surface area contributed by atoms with E-state index >= 15 is 0 Å². The molecule has 6 nitrogen and oxygen atoms in total. The molecule has 0 amide bonds. The molecule has 180 valence electrons. The molecular weight excluding hydrogens is 410 g/mol. The summed E-state index contributed by atoms with van der Waals surface area (Å²) >= 11 is 0. The van der Waals surface area contributed by atoms with Crippen LogP contribution in [-0.2, 0) is 19.4 Å². The number of anilines is 2. The standard InChI is InChI=1S/C27H41N5O/c1-18-15-25(33-5)19(2)14-21(18)17-28-16-20-10-12-22(13-11-20)29-27-30-24-9-7-6-8-23(24)26(31-27)32(3)4/h14-15,20,22,28H,6-13,16-17H2,1-5H3,(H,29,30,31). The van der Waals surface area contributed by atoms with Crippen molar-refractivity contribution in [1.82, 2.24) is 15.3 Å². The Kier molecular flexibility index (Phi) is 7.74. The van der Waals surface area contributed by atoms with E-state index in [4.69, 9.17) is 14.7 Å². The van der Waals surface area contributed by atoms with Gasteiger partial charge in [-0.25, -0.2) is 4.98 Å². The first-order chi connectivity index (χ1) is 15.9. The van der Waals surface area contributed by atoms with E-state index in [-0.39, 0.29) is 0 Å². The number of hydrogen-bond acceptors (Lipinski definition) is 6. The van der Waals surface area contributed by atoms with Gasteiger partial charge in [-0.2, -0.15) is 4.98 Å². The maximum absolute atomic E-state index is 5.44. The number of aromatic nitrogens is 2. The van der Waals surface area contributed by atoms with Gasteiger partial charge in [0, 0.05) is 32.2 Å². The minimum absolute atomic E-state index is 0.476. The summed E-state index contributed by atoms with van der Waals surface area (Å²) in [5.74, 6) is 3.64. The van der Waals surface area contributed by atoms with E-state index in [0.29, 0.717) is 6.04 Å². The summed E-state index contributed by atoms with van der Waals surface area (Å²) in [6.07, 6.45) is 9.54. The Morgan fingerprint density at radius 3 is 2.48 bits per heavy atom. The molecule has 0 bridgehead atoms. The zero-order valence-electron chi connectivity index (χ0n) is 21.1. The summed E-state index contributed by atoms with van der Waals surface area (Å²) < 4.78 is 5.44. The number of nitrogens with one attached hydrogen (secondary N) is 2. The lowest BCUT2D eigenvalue weighted by molar-refractivity contribution is 0.323. The van der Waals surface area contributed by atoms with Crippen molar-refractivity contribution in [2.24, 2.45) is 5.92 Å². The van der Waals surface area contributed by atoms with Gasteiger partial charge in [0.15, 0.2) is 0 Å². The Bertz CT molecular complexity index is 950. The molecule has 2 aliphatic carbocycles. The molecule has 1 aromatic heterocycles. The number of rotatable bonds is 8. The third kappa shape index (κ3) is 5.78. The zero-order valence-corrected chi connectivity index (χ0v) is 21.1. The normalized spacial score (nSPS) is 20.3. The summed E-state index contributed by atoms with van der Waals surface area (Å²) in [5, 5.41) is 7.38.